The summed E-state index contributed by atoms with van der Waals surface area (Å²) >= 11 is 1.80. The number of anilines is 2. The molecule has 1 saturated heterocycles. The van der Waals surface area contributed by atoms with Gasteiger partial charge in [0.1, 0.15) is 18.0 Å². The van der Waals surface area contributed by atoms with E-state index in [2.05, 4.69) is 43.0 Å². The predicted molar refractivity (Wildman–Crippen MR) is 88.0 cm³/mol. The van der Waals surface area contributed by atoms with Crippen LogP contribution in [-0.2, 0) is 6.54 Å². The minimum atomic E-state index is 0.518. The Hall–Kier alpha value is -1.66. The molecule has 21 heavy (non-hydrogen) atoms. The molecule has 6 heteroatoms. The van der Waals surface area contributed by atoms with Crippen molar-refractivity contribution in [3.8, 4) is 0 Å². The number of nitrogens with zero attached hydrogens (tertiary/aromatic N) is 3. The summed E-state index contributed by atoms with van der Waals surface area (Å²) in [7, 11) is 1.89. The van der Waals surface area contributed by atoms with E-state index < -0.39 is 0 Å². The second-order valence-electron chi connectivity index (χ2n) is 5.21. The van der Waals surface area contributed by atoms with Crippen molar-refractivity contribution in [1.82, 2.24) is 15.3 Å². The Morgan fingerprint density at radius 3 is 3.19 bits per heavy atom. The van der Waals surface area contributed by atoms with E-state index in [1.807, 2.05) is 13.1 Å². The van der Waals surface area contributed by atoms with Gasteiger partial charge in [0.15, 0.2) is 0 Å². The molecule has 1 atom stereocenters. The highest BCUT2D eigenvalue weighted by Gasteiger charge is 2.25. The maximum absolute atomic E-state index is 4.43. The fourth-order valence-electron chi connectivity index (χ4n) is 2.77. The molecule has 3 heterocycles. The largest absolute Gasteiger partial charge is 0.373 e. The lowest BCUT2D eigenvalue weighted by Crippen LogP contribution is -2.38. The van der Waals surface area contributed by atoms with E-state index in [1.165, 1.54) is 17.7 Å². The van der Waals surface area contributed by atoms with Crippen molar-refractivity contribution in [3.63, 3.8) is 0 Å². The Balaban J connectivity index is 1.59. The highest BCUT2D eigenvalue weighted by Crippen LogP contribution is 2.24. The van der Waals surface area contributed by atoms with Crippen molar-refractivity contribution < 1.29 is 0 Å². The highest BCUT2D eigenvalue weighted by atomic mass is 32.1. The standard InChI is InChI=1S/C15H21N5S/c1-16-14-8-15(19-11-18-14)20-6-2-4-12(20)9-17-10-13-5-3-7-21-13/h3,5,7-8,11-12,17H,2,4,6,9-10H2,1H3,(H,16,18,19)/t12-/m1/s1. The number of hydrogen-bond donors (Lipinski definition) is 2. The summed E-state index contributed by atoms with van der Waals surface area (Å²) in [4.78, 5) is 12.4. The van der Waals surface area contributed by atoms with Crippen LogP contribution in [0.2, 0.25) is 0 Å². The van der Waals surface area contributed by atoms with Gasteiger partial charge in [-0.3, -0.25) is 0 Å². The molecule has 112 valence electrons. The van der Waals surface area contributed by atoms with Gasteiger partial charge >= 0.3 is 0 Å². The maximum atomic E-state index is 4.43. The van der Waals surface area contributed by atoms with Crippen molar-refractivity contribution in [2.75, 3.05) is 30.4 Å². The molecular weight excluding hydrogens is 282 g/mol. The molecule has 2 aromatic rings. The third-order valence-electron chi connectivity index (χ3n) is 3.84. The molecule has 0 aliphatic carbocycles. The molecule has 0 bridgehead atoms. The van der Waals surface area contributed by atoms with Crippen LogP contribution in [0.25, 0.3) is 0 Å². The minimum absolute atomic E-state index is 0.518. The summed E-state index contributed by atoms with van der Waals surface area (Å²) < 4.78 is 0. The van der Waals surface area contributed by atoms with Gasteiger partial charge in [-0.25, -0.2) is 9.97 Å². The van der Waals surface area contributed by atoms with Crippen LogP contribution in [0.4, 0.5) is 11.6 Å². The first kappa shape index (κ1) is 14.3. The van der Waals surface area contributed by atoms with Crippen LogP contribution in [0.1, 0.15) is 17.7 Å². The van der Waals surface area contributed by atoms with E-state index in [1.54, 1.807) is 17.7 Å². The lowest BCUT2D eigenvalue weighted by atomic mass is 10.2. The van der Waals surface area contributed by atoms with Crippen LogP contribution in [0.5, 0.6) is 0 Å². The molecule has 2 aromatic heterocycles. The van der Waals surface area contributed by atoms with E-state index in [4.69, 9.17) is 0 Å². The Morgan fingerprint density at radius 2 is 2.38 bits per heavy atom. The van der Waals surface area contributed by atoms with Gasteiger partial charge < -0.3 is 15.5 Å². The van der Waals surface area contributed by atoms with Crippen molar-refractivity contribution in [2.24, 2.45) is 0 Å². The zero-order valence-electron chi connectivity index (χ0n) is 12.2. The fraction of sp³-hybridized carbons (Fsp3) is 0.467. The molecule has 0 radical (unpaired) electrons. The van der Waals surface area contributed by atoms with Gasteiger partial charge in [-0.1, -0.05) is 6.07 Å². The molecule has 1 aliphatic rings. The monoisotopic (exact) mass is 303 g/mol. The molecule has 0 aromatic carbocycles. The first-order valence-corrected chi connectivity index (χ1v) is 8.24. The van der Waals surface area contributed by atoms with Crippen molar-refractivity contribution in [3.05, 3.63) is 34.8 Å². The molecule has 5 nitrogen and oxygen atoms in total. The van der Waals surface area contributed by atoms with Crippen LogP contribution in [0, 0.1) is 0 Å². The molecule has 1 aliphatic heterocycles. The zero-order valence-corrected chi connectivity index (χ0v) is 13.1. The first-order valence-electron chi connectivity index (χ1n) is 7.36. The van der Waals surface area contributed by atoms with Gasteiger partial charge in [-0.2, -0.15) is 0 Å². The number of hydrogen-bond acceptors (Lipinski definition) is 6. The van der Waals surface area contributed by atoms with Crippen LogP contribution in [-0.4, -0.2) is 36.1 Å². The number of nitrogens with one attached hydrogen (secondary N) is 2. The summed E-state index contributed by atoms with van der Waals surface area (Å²) in [5.41, 5.74) is 0. The van der Waals surface area contributed by atoms with Gasteiger partial charge in [-0.15, -0.1) is 11.3 Å². The van der Waals surface area contributed by atoms with Crippen LogP contribution >= 0.6 is 11.3 Å². The van der Waals surface area contributed by atoms with E-state index in [-0.39, 0.29) is 0 Å². The summed E-state index contributed by atoms with van der Waals surface area (Å²) in [6.45, 7) is 3.02. The molecule has 0 saturated carbocycles. The Morgan fingerprint density at radius 1 is 1.43 bits per heavy atom. The molecule has 0 spiro atoms. The third-order valence-corrected chi connectivity index (χ3v) is 4.72. The van der Waals surface area contributed by atoms with Gasteiger partial charge in [-0.05, 0) is 24.3 Å². The minimum Gasteiger partial charge on any atom is -0.373 e. The highest BCUT2D eigenvalue weighted by molar-refractivity contribution is 7.09. The third kappa shape index (κ3) is 3.51. The van der Waals surface area contributed by atoms with Crippen LogP contribution < -0.4 is 15.5 Å². The summed E-state index contributed by atoms with van der Waals surface area (Å²) in [6, 6.07) is 6.82. The summed E-state index contributed by atoms with van der Waals surface area (Å²) in [6.07, 6.45) is 4.08. The molecule has 1 fully saturated rings. The van der Waals surface area contributed by atoms with Crippen molar-refractivity contribution in [2.45, 2.75) is 25.4 Å². The quantitative estimate of drug-likeness (QED) is 0.858. The van der Waals surface area contributed by atoms with E-state index in [0.29, 0.717) is 6.04 Å². The van der Waals surface area contributed by atoms with Gasteiger partial charge in [0.05, 0.1) is 0 Å². The van der Waals surface area contributed by atoms with Gasteiger partial charge in [0.2, 0.25) is 0 Å². The summed E-state index contributed by atoms with van der Waals surface area (Å²) in [5, 5.41) is 8.77. The van der Waals surface area contributed by atoms with E-state index in [9.17, 15) is 0 Å². The van der Waals surface area contributed by atoms with Crippen LogP contribution in [0.3, 0.4) is 0 Å². The smallest absolute Gasteiger partial charge is 0.134 e. The van der Waals surface area contributed by atoms with Gasteiger partial charge in [0.25, 0.3) is 0 Å². The second kappa shape index (κ2) is 6.87. The second-order valence-corrected chi connectivity index (χ2v) is 6.24. The van der Waals surface area contributed by atoms with E-state index >= 15 is 0 Å². The lowest BCUT2D eigenvalue weighted by molar-refractivity contribution is 0.573. The SMILES string of the molecule is CNc1cc(N2CCC[C@@H]2CNCc2cccs2)ncn1. The lowest BCUT2D eigenvalue weighted by Gasteiger charge is -2.26. The fourth-order valence-corrected chi connectivity index (χ4v) is 3.44. The van der Waals surface area contributed by atoms with Gasteiger partial charge in [0, 0.05) is 43.7 Å². The first-order chi connectivity index (χ1) is 10.4. The molecule has 2 N–H and O–H groups in total. The Kier molecular flexibility index (Phi) is 4.67. The molecular formula is C15H21N5S. The molecule has 0 unspecified atom stereocenters. The maximum Gasteiger partial charge on any atom is 0.134 e. The normalized spacial score (nSPS) is 18.1. The van der Waals surface area contributed by atoms with E-state index in [0.717, 1.165) is 31.3 Å². The zero-order chi connectivity index (χ0) is 14.5. The number of aromatic nitrogens is 2. The topological polar surface area (TPSA) is 53.1 Å². The average molecular weight is 303 g/mol. The Bertz CT molecular complexity index is 557. The predicted octanol–water partition coefficient (Wildman–Crippen LogP) is 2.34. The average Bonchev–Trinajstić information content (AvgIpc) is 3.19. The number of rotatable bonds is 6. The number of thiophene rings is 1. The summed E-state index contributed by atoms with van der Waals surface area (Å²) in [5.74, 6) is 1.90. The van der Waals surface area contributed by atoms with Crippen molar-refractivity contribution >= 4 is 23.0 Å². The molecule has 0 amide bonds. The molecule has 3 rings (SSSR count). The van der Waals surface area contributed by atoms with Crippen LogP contribution in [0.15, 0.2) is 29.9 Å². The van der Waals surface area contributed by atoms with Crippen molar-refractivity contribution in [1.29, 1.82) is 0 Å². The Labute approximate surface area is 129 Å².